The van der Waals surface area contributed by atoms with Gasteiger partial charge in [-0.2, -0.15) is 0 Å². The molecule has 2 aromatic rings. The van der Waals surface area contributed by atoms with E-state index in [0.717, 1.165) is 17.3 Å². The molecule has 0 saturated carbocycles. The van der Waals surface area contributed by atoms with Crippen LogP contribution in [0.4, 0.5) is 0 Å². The van der Waals surface area contributed by atoms with Gasteiger partial charge in [0, 0.05) is 12.5 Å². The summed E-state index contributed by atoms with van der Waals surface area (Å²) in [5.74, 6) is 2.45. The molecule has 0 saturated heterocycles. The number of aryl methyl sites for hydroxylation is 1. The predicted octanol–water partition coefficient (Wildman–Crippen LogP) is 3.16. The number of rotatable bonds is 4. The van der Waals surface area contributed by atoms with Gasteiger partial charge in [-0.3, -0.25) is 0 Å². The van der Waals surface area contributed by atoms with Crippen LogP contribution in [0.3, 0.4) is 0 Å². The third kappa shape index (κ3) is 3.29. The molecule has 100 valence electrons. The molecule has 0 bridgehead atoms. The topological polar surface area (TPSA) is 61.0 Å². The first kappa shape index (κ1) is 13.5. The lowest BCUT2D eigenvalue weighted by Crippen LogP contribution is -2.07. The highest BCUT2D eigenvalue weighted by Gasteiger charge is 2.10. The van der Waals surface area contributed by atoms with Gasteiger partial charge >= 0.3 is 0 Å². The number of nitrogens with zero attached hydrogens (tertiary/aromatic N) is 2. The van der Waals surface area contributed by atoms with Gasteiger partial charge < -0.3 is 10.5 Å². The van der Waals surface area contributed by atoms with Crippen LogP contribution in [0.2, 0.25) is 0 Å². The van der Waals surface area contributed by atoms with Crippen molar-refractivity contribution in [2.75, 3.05) is 0 Å². The average molecular weight is 257 g/mol. The lowest BCUT2D eigenvalue weighted by atomic mass is 10.2. The third-order valence-corrected chi connectivity index (χ3v) is 2.81. The minimum atomic E-state index is 0.277. The molecule has 0 fully saturated rings. The van der Waals surface area contributed by atoms with E-state index in [2.05, 4.69) is 23.8 Å². The fourth-order valence-corrected chi connectivity index (χ4v) is 1.66. The summed E-state index contributed by atoms with van der Waals surface area (Å²) in [6.07, 6.45) is 1.70. The Hall–Kier alpha value is -1.94. The zero-order valence-corrected chi connectivity index (χ0v) is 11.6. The summed E-state index contributed by atoms with van der Waals surface area (Å²) in [5, 5.41) is 0. The maximum Gasteiger partial charge on any atom is 0.168 e. The van der Waals surface area contributed by atoms with Crippen LogP contribution < -0.4 is 10.5 Å². The molecule has 0 unspecified atom stereocenters. The second kappa shape index (κ2) is 5.80. The lowest BCUT2D eigenvalue weighted by molar-refractivity contribution is 0.467. The van der Waals surface area contributed by atoms with Crippen LogP contribution in [-0.2, 0) is 6.54 Å². The summed E-state index contributed by atoms with van der Waals surface area (Å²) in [5.41, 5.74) is 7.66. The Labute approximate surface area is 113 Å². The van der Waals surface area contributed by atoms with E-state index in [1.165, 1.54) is 5.56 Å². The summed E-state index contributed by atoms with van der Waals surface area (Å²) in [6, 6.07) is 7.85. The Bertz CT molecular complexity index is 550. The van der Waals surface area contributed by atoms with Crippen LogP contribution in [0.25, 0.3) is 0 Å². The van der Waals surface area contributed by atoms with Gasteiger partial charge in [-0.25, -0.2) is 9.97 Å². The number of nitrogens with two attached hydrogens (primary N) is 1. The van der Waals surface area contributed by atoms with E-state index in [-0.39, 0.29) is 5.92 Å². The fourth-order valence-electron chi connectivity index (χ4n) is 1.66. The van der Waals surface area contributed by atoms with Gasteiger partial charge in [-0.05, 0) is 19.1 Å². The molecule has 0 aliphatic carbocycles. The summed E-state index contributed by atoms with van der Waals surface area (Å²) in [6.45, 7) is 6.48. The zero-order chi connectivity index (χ0) is 13.8. The summed E-state index contributed by atoms with van der Waals surface area (Å²) in [7, 11) is 0. The van der Waals surface area contributed by atoms with Crippen molar-refractivity contribution < 1.29 is 4.74 Å². The van der Waals surface area contributed by atoms with Crippen molar-refractivity contribution in [3.8, 4) is 11.5 Å². The molecule has 4 nitrogen and oxygen atoms in total. The molecule has 0 atom stereocenters. The molecule has 1 aromatic carbocycles. The number of hydrogen-bond donors (Lipinski definition) is 1. The fraction of sp³-hybridized carbons (Fsp3) is 0.333. The number of ether oxygens (including phenoxy) is 1. The molecule has 19 heavy (non-hydrogen) atoms. The van der Waals surface area contributed by atoms with Crippen molar-refractivity contribution in [3.05, 3.63) is 47.5 Å². The number of hydrogen-bond acceptors (Lipinski definition) is 4. The van der Waals surface area contributed by atoms with Crippen molar-refractivity contribution in [2.24, 2.45) is 5.73 Å². The Morgan fingerprint density at radius 2 is 1.89 bits per heavy atom. The molecule has 1 aromatic heterocycles. The van der Waals surface area contributed by atoms with Crippen molar-refractivity contribution in [1.82, 2.24) is 9.97 Å². The molecule has 0 radical (unpaired) electrons. The van der Waals surface area contributed by atoms with Gasteiger partial charge in [0.1, 0.15) is 17.3 Å². The Balaban J connectivity index is 2.27. The molecule has 1 heterocycles. The smallest absolute Gasteiger partial charge is 0.168 e. The highest BCUT2D eigenvalue weighted by atomic mass is 16.5. The van der Waals surface area contributed by atoms with Crippen molar-refractivity contribution in [1.29, 1.82) is 0 Å². The van der Waals surface area contributed by atoms with Crippen molar-refractivity contribution >= 4 is 0 Å². The van der Waals surface area contributed by atoms with E-state index < -0.39 is 0 Å². The van der Waals surface area contributed by atoms with E-state index in [4.69, 9.17) is 10.5 Å². The lowest BCUT2D eigenvalue weighted by Gasteiger charge is -2.11. The zero-order valence-electron chi connectivity index (χ0n) is 11.6. The van der Waals surface area contributed by atoms with Crippen LogP contribution in [-0.4, -0.2) is 9.97 Å². The first-order valence-electron chi connectivity index (χ1n) is 6.40. The summed E-state index contributed by atoms with van der Waals surface area (Å²) >= 11 is 0. The highest BCUT2D eigenvalue weighted by Crippen LogP contribution is 2.24. The van der Waals surface area contributed by atoms with Gasteiger partial charge in [0.2, 0.25) is 0 Å². The normalized spacial score (nSPS) is 10.8. The molecular formula is C15H19N3O. The van der Waals surface area contributed by atoms with Crippen LogP contribution >= 0.6 is 0 Å². The van der Waals surface area contributed by atoms with E-state index in [1.54, 1.807) is 6.20 Å². The second-order valence-electron chi connectivity index (χ2n) is 4.81. The molecule has 4 heteroatoms. The molecule has 0 aliphatic rings. The van der Waals surface area contributed by atoms with Gasteiger partial charge in [-0.15, -0.1) is 0 Å². The maximum atomic E-state index is 5.79. The maximum absolute atomic E-state index is 5.79. The first-order chi connectivity index (χ1) is 9.10. The predicted molar refractivity (Wildman–Crippen MR) is 75.3 cm³/mol. The van der Waals surface area contributed by atoms with Crippen LogP contribution in [0.5, 0.6) is 11.5 Å². The average Bonchev–Trinajstić information content (AvgIpc) is 2.41. The molecule has 0 aliphatic heterocycles. The van der Waals surface area contributed by atoms with Gasteiger partial charge in [-0.1, -0.05) is 31.5 Å². The Morgan fingerprint density at radius 1 is 1.21 bits per heavy atom. The third-order valence-electron chi connectivity index (χ3n) is 2.81. The Morgan fingerprint density at radius 3 is 2.47 bits per heavy atom. The standard InChI is InChI=1S/C15H19N3O/c1-10(2)15-17-9-14(13(8-16)18-15)19-12-6-4-11(3)5-7-12/h4-7,9-10H,8,16H2,1-3H3. The van der Waals surface area contributed by atoms with Crippen LogP contribution in [0, 0.1) is 6.92 Å². The second-order valence-corrected chi connectivity index (χ2v) is 4.81. The van der Waals surface area contributed by atoms with E-state index in [9.17, 15) is 0 Å². The van der Waals surface area contributed by atoms with Crippen LogP contribution in [0.15, 0.2) is 30.5 Å². The SMILES string of the molecule is Cc1ccc(Oc2cnc(C(C)C)nc2CN)cc1. The highest BCUT2D eigenvalue weighted by molar-refractivity contribution is 5.34. The summed E-state index contributed by atoms with van der Waals surface area (Å²) in [4.78, 5) is 8.75. The van der Waals surface area contributed by atoms with E-state index >= 15 is 0 Å². The molecule has 0 spiro atoms. The minimum Gasteiger partial charge on any atom is -0.454 e. The first-order valence-corrected chi connectivity index (χ1v) is 6.40. The van der Waals surface area contributed by atoms with Gasteiger partial charge in [0.15, 0.2) is 5.75 Å². The quantitative estimate of drug-likeness (QED) is 0.914. The van der Waals surface area contributed by atoms with Crippen molar-refractivity contribution in [3.63, 3.8) is 0 Å². The monoisotopic (exact) mass is 257 g/mol. The number of benzene rings is 1. The van der Waals surface area contributed by atoms with E-state index in [0.29, 0.717) is 12.3 Å². The molecule has 2 N–H and O–H groups in total. The molecule has 2 rings (SSSR count). The van der Waals surface area contributed by atoms with Crippen molar-refractivity contribution in [2.45, 2.75) is 33.2 Å². The van der Waals surface area contributed by atoms with Gasteiger partial charge in [0.05, 0.1) is 6.20 Å². The molecule has 0 amide bonds. The minimum absolute atomic E-state index is 0.277. The number of aromatic nitrogens is 2. The Kier molecular flexibility index (Phi) is 4.12. The van der Waals surface area contributed by atoms with Crippen LogP contribution in [0.1, 0.15) is 36.8 Å². The summed E-state index contributed by atoms with van der Waals surface area (Å²) < 4.78 is 5.79. The molecular weight excluding hydrogens is 238 g/mol. The van der Waals surface area contributed by atoms with E-state index in [1.807, 2.05) is 31.2 Å². The van der Waals surface area contributed by atoms with Gasteiger partial charge in [0.25, 0.3) is 0 Å². The largest absolute Gasteiger partial charge is 0.454 e.